The second-order valence-corrected chi connectivity index (χ2v) is 3.58. The molecule has 0 saturated carbocycles. The van der Waals surface area contributed by atoms with Crippen molar-refractivity contribution in [3.63, 3.8) is 0 Å². The van der Waals surface area contributed by atoms with E-state index in [-0.39, 0.29) is 25.1 Å². The molecule has 5 heteroatoms. The first kappa shape index (κ1) is 11.1. The molecule has 0 bridgehead atoms. The Bertz CT molecular complexity index is 253. The molecule has 0 atom stereocenters. The summed E-state index contributed by atoms with van der Waals surface area (Å²) in [4.78, 5) is 11.9. The van der Waals surface area contributed by atoms with Crippen LogP contribution in [0.3, 0.4) is 0 Å². The Morgan fingerprint density at radius 2 is 2.21 bits per heavy atom. The molecule has 3 nitrogen and oxygen atoms in total. The van der Waals surface area contributed by atoms with Crippen molar-refractivity contribution in [1.82, 2.24) is 4.90 Å². The zero-order valence-electron chi connectivity index (χ0n) is 7.80. The van der Waals surface area contributed by atoms with Crippen LogP contribution in [-0.2, 0) is 4.79 Å². The first-order valence-electron chi connectivity index (χ1n) is 4.42. The number of likely N-dealkylation sites (tertiary alicyclic amines) is 1. The summed E-state index contributed by atoms with van der Waals surface area (Å²) in [5.41, 5.74) is -0.0392. The van der Waals surface area contributed by atoms with Gasteiger partial charge >= 0.3 is 5.97 Å². The number of carbonyl (C=O) groups is 1. The van der Waals surface area contributed by atoms with E-state index in [2.05, 4.69) is 6.58 Å². The first-order chi connectivity index (χ1) is 6.41. The molecular weight excluding hydrogens is 192 g/mol. The van der Waals surface area contributed by atoms with Gasteiger partial charge < -0.3 is 5.11 Å². The van der Waals surface area contributed by atoms with Crippen LogP contribution in [0, 0.1) is 0 Å². The van der Waals surface area contributed by atoms with Crippen LogP contribution in [0.4, 0.5) is 8.78 Å². The molecule has 1 aliphatic rings. The standard InChI is InChI=1S/C9H13F2NO2/c1-7(8(13)14)5-12-4-2-3-9(10,11)6-12/h1-6H2,(H,13,14). The van der Waals surface area contributed by atoms with Crippen molar-refractivity contribution >= 4 is 5.97 Å². The van der Waals surface area contributed by atoms with Gasteiger partial charge in [0.15, 0.2) is 0 Å². The minimum Gasteiger partial charge on any atom is -0.478 e. The maximum absolute atomic E-state index is 12.9. The molecule has 1 aliphatic heterocycles. The van der Waals surface area contributed by atoms with Crippen LogP contribution in [0.1, 0.15) is 12.8 Å². The van der Waals surface area contributed by atoms with E-state index in [1.807, 2.05) is 0 Å². The summed E-state index contributed by atoms with van der Waals surface area (Å²) in [7, 11) is 0. The molecule has 0 radical (unpaired) electrons. The van der Waals surface area contributed by atoms with Gasteiger partial charge in [0.1, 0.15) is 0 Å². The summed E-state index contributed by atoms with van der Waals surface area (Å²) in [6.07, 6.45) is 0.295. The molecule has 0 aliphatic carbocycles. The fraction of sp³-hybridized carbons (Fsp3) is 0.667. The summed E-state index contributed by atoms with van der Waals surface area (Å²) in [5.74, 6) is -3.81. The number of carboxylic acids is 1. The molecule has 1 heterocycles. The molecule has 1 fully saturated rings. The fourth-order valence-corrected chi connectivity index (χ4v) is 1.52. The average Bonchev–Trinajstić information content (AvgIpc) is 2.01. The fourth-order valence-electron chi connectivity index (χ4n) is 1.52. The number of halogens is 2. The molecule has 1 N–H and O–H groups in total. The average molecular weight is 205 g/mol. The zero-order chi connectivity index (χ0) is 10.8. The van der Waals surface area contributed by atoms with E-state index in [1.54, 1.807) is 0 Å². The van der Waals surface area contributed by atoms with Crippen molar-refractivity contribution < 1.29 is 18.7 Å². The minimum atomic E-state index is -2.68. The number of rotatable bonds is 3. The molecule has 80 valence electrons. The highest BCUT2D eigenvalue weighted by Gasteiger charge is 2.35. The Kier molecular flexibility index (Phi) is 3.21. The van der Waals surface area contributed by atoms with Crippen LogP contribution in [-0.4, -0.2) is 41.5 Å². The van der Waals surface area contributed by atoms with E-state index in [9.17, 15) is 13.6 Å². The molecule has 0 aromatic rings. The van der Waals surface area contributed by atoms with Crippen LogP contribution >= 0.6 is 0 Å². The summed E-state index contributed by atoms with van der Waals surface area (Å²) < 4.78 is 25.8. The van der Waals surface area contributed by atoms with Gasteiger partial charge in [0.25, 0.3) is 5.92 Å². The van der Waals surface area contributed by atoms with Gasteiger partial charge in [-0.05, 0) is 13.0 Å². The second kappa shape index (κ2) is 4.04. The molecule has 1 saturated heterocycles. The topological polar surface area (TPSA) is 40.5 Å². The lowest BCUT2D eigenvalue weighted by Crippen LogP contribution is -2.43. The van der Waals surface area contributed by atoms with Crippen LogP contribution in [0.15, 0.2) is 12.2 Å². The SMILES string of the molecule is C=C(CN1CCCC(F)(F)C1)C(=O)O. The predicted molar refractivity (Wildman–Crippen MR) is 47.4 cm³/mol. The van der Waals surface area contributed by atoms with Gasteiger partial charge in [-0.3, -0.25) is 4.90 Å². The Balaban J connectivity index is 2.46. The summed E-state index contributed by atoms with van der Waals surface area (Å²) >= 11 is 0. The first-order valence-corrected chi connectivity index (χ1v) is 4.42. The lowest BCUT2D eigenvalue weighted by Gasteiger charge is -2.32. The Morgan fingerprint density at radius 1 is 1.57 bits per heavy atom. The van der Waals surface area contributed by atoms with Gasteiger partial charge in [-0.15, -0.1) is 0 Å². The molecule has 0 aromatic carbocycles. The summed E-state index contributed by atoms with van der Waals surface area (Å²) in [6.45, 7) is 3.48. The van der Waals surface area contributed by atoms with E-state index < -0.39 is 11.9 Å². The van der Waals surface area contributed by atoms with E-state index >= 15 is 0 Å². The number of carboxylic acid groups (broad SMARTS) is 1. The highest BCUT2D eigenvalue weighted by molar-refractivity contribution is 5.86. The van der Waals surface area contributed by atoms with Crippen LogP contribution < -0.4 is 0 Å². The highest BCUT2D eigenvalue weighted by Crippen LogP contribution is 2.26. The summed E-state index contributed by atoms with van der Waals surface area (Å²) in [5, 5.41) is 8.53. The smallest absolute Gasteiger partial charge is 0.332 e. The Labute approximate surface area is 81.0 Å². The number of nitrogens with zero attached hydrogens (tertiary/aromatic N) is 1. The van der Waals surface area contributed by atoms with Crippen LogP contribution in [0.2, 0.25) is 0 Å². The van der Waals surface area contributed by atoms with Crippen LogP contribution in [0.5, 0.6) is 0 Å². The van der Waals surface area contributed by atoms with Crippen molar-refractivity contribution in [3.05, 3.63) is 12.2 Å². The second-order valence-electron chi connectivity index (χ2n) is 3.58. The predicted octanol–water partition coefficient (Wildman–Crippen LogP) is 1.36. The third-order valence-electron chi connectivity index (χ3n) is 2.19. The van der Waals surface area contributed by atoms with Gasteiger partial charge in [0.2, 0.25) is 0 Å². The van der Waals surface area contributed by atoms with Gasteiger partial charge in [-0.2, -0.15) is 0 Å². The lowest BCUT2D eigenvalue weighted by atomic mass is 10.1. The number of hydrogen-bond donors (Lipinski definition) is 1. The molecule has 0 amide bonds. The molecule has 0 unspecified atom stereocenters. The third kappa shape index (κ3) is 3.06. The summed E-state index contributed by atoms with van der Waals surface area (Å²) in [6, 6.07) is 0. The maximum Gasteiger partial charge on any atom is 0.332 e. The van der Waals surface area contributed by atoms with Gasteiger partial charge in [0, 0.05) is 18.5 Å². The Morgan fingerprint density at radius 3 is 2.71 bits per heavy atom. The van der Waals surface area contributed by atoms with E-state index in [1.165, 1.54) is 4.90 Å². The minimum absolute atomic E-state index is 0.0188. The molecule has 14 heavy (non-hydrogen) atoms. The number of aliphatic carboxylic acids is 1. The van der Waals surface area contributed by atoms with Crippen molar-refractivity contribution in [3.8, 4) is 0 Å². The third-order valence-corrected chi connectivity index (χ3v) is 2.19. The quantitative estimate of drug-likeness (QED) is 0.707. The van der Waals surface area contributed by atoms with Gasteiger partial charge in [0.05, 0.1) is 6.54 Å². The van der Waals surface area contributed by atoms with E-state index in [0.29, 0.717) is 13.0 Å². The van der Waals surface area contributed by atoms with Gasteiger partial charge in [-0.1, -0.05) is 6.58 Å². The van der Waals surface area contributed by atoms with Crippen molar-refractivity contribution in [2.24, 2.45) is 0 Å². The molecule has 1 rings (SSSR count). The lowest BCUT2D eigenvalue weighted by molar-refractivity contribution is -0.133. The van der Waals surface area contributed by atoms with Crippen LogP contribution in [0.25, 0.3) is 0 Å². The monoisotopic (exact) mass is 205 g/mol. The van der Waals surface area contributed by atoms with Gasteiger partial charge in [-0.25, -0.2) is 13.6 Å². The van der Waals surface area contributed by atoms with Crippen molar-refractivity contribution in [2.75, 3.05) is 19.6 Å². The maximum atomic E-state index is 12.9. The normalized spacial score (nSPS) is 21.9. The molecular formula is C9H13F2NO2. The number of hydrogen-bond acceptors (Lipinski definition) is 2. The van der Waals surface area contributed by atoms with Crippen molar-refractivity contribution in [1.29, 1.82) is 0 Å². The van der Waals surface area contributed by atoms with E-state index in [4.69, 9.17) is 5.11 Å². The number of piperidine rings is 1. The largest absolute Gasteiger partial charge is 0.478 e. The number of alkyl halides is 2. The molecule has 0 spiro atoms. The Hall–Kier alpha value is -0.970. The zero-order valence-corrected chi connectivity index (χ0v) is 7.80. The highest BCUT2D eigenvalue weighted by atomic mass is 19.3. The van der Waals surface area contributed by atoms with Crippen molar-refractivity contribution in [2.45, 2.75) is 18.8 Å². The molecule has 0 aromatic heterocycles. The van der Waals surface area contributed by atoms with E-state index in [0.717, 1.165) is 0 Å².